The molecule has 0 radical (unpaired) electrons. The molecular weight excluding hydrogens is 308 g/mol. The molecule has 0 bridgehead atoms. The highest BCUT2D eigenvalue weighted by Gasteiger charge is 2.19. The van der Waals surface area contributed by atoms with E-state index in [0.717, 1.165) is 18.2 Å². The largest absolute Gasteiger partial charge is 0.460 e. The number of furan rings is 1. The average molecular weight is 318 g/mol. The van der Waals surface area contributed by atoms with Gasteiger partial charge in [0.15, 0.2) is 0 Å². The number of rotatable bonds is 5. The number of nitrogens with one attached hydrogen (secondary N) is 1. The van der Waals surface area contributed by atoms with Gasteiger partial charge in [-0.05, 0) is 19.1 Å². The van der Waals surface area contributed by atoms with Crippen LogP contribution in [-0.2, 0) is 0 Å². The smallest absolute Gasteiger partial charge is 0.277 e. The van der Waals surface area contributed by atoms with Crippen LogP contribution in [0, 0.1) is 27.2 Å². The van der Waals surface area contributed by atoms with Crippen LogP contribution in [0.15, 0.2) is 39.9 Å². The second-order valence-corrected chi connectivity index (χ2v) is 4.40. The van der Waals surface area contributed by atoms with E-state index in [0.29, 0.717) is 11.5 Å². The molecule has 1 heterocycles. The minimum atomic E-state index is -0.823. The summed E-state index contributed by atoms with van der Waals surface area (Å²) >= 11 is 0. The molecule has 1 amide bonds. The fraction of sp³-hybridized carbons (Fsp3) is 0.0769. The van der Waals surface area contributed by atoms with Crippen LogP contribution in [0.5, 0.6) is 0 Å². The molecule has 0 saturated carbocycles. The van der Waals surface area contributed by atoms with Crippen LogP contribution in [0.4, 0.5) is 11.4 Å². The zero-order valence-corrected chi connectivity index (χ0v) is 11.8. The second kappa shape index (κ2) is 6.47. The number of aryl methyl sites for hydroxylation is 1. The Morgan fingerprint density at radius 3 is 2.26 bits per heavy atom. The number of hydrazone groups is 1. The third-order valence-corrected chi connectivity index (χ3v) is 2.71. The first-order valence-corrected chi connectivity index (χ1v) is 6.20. The minimum Gasteiger partial charge on any atom is -0.460 e. The maximum Gasteiger partial charge on any atom is 0.277 e. The molecule has 1 aromatic heterocycles. The number of benzene rings is 1. The number of nitro groups is 2. The number of carbonyl (C=O) groups excluding carboxylic acids is 1. The first kappa shape index (κ1) is 15.8. The lowest BCUT2D eigenvalue weighted by Crippen LogP contribution is -2.18. The van der Waals surface area contributed by atoms with Gasteiger partial charge in [-0.25, -0.2) is 5.43 Å². The maximum atomic E-state index is 11.9. The third-order valence-electron chi connectivity index (χ3n) is 2.71. The highest BCUT2D eigenvalue weighted by atomic mass is 16.6. The molecule has 23 heavy (non-hydrogen) atoms. The van der Waals surface area contributed by atoms with Crippen molar-refractivity contribution in [3.8, 4) is 0 Å². The van der Waals surface area contributed by atoms with Crippen molar-refractivity contribution < 1.29 is 19.1 Å². The number of nitro benzene ring substituents is 2. The van der Waals surface area contributed by atoms with Crippen LogP contribution in [0.2, 0.25) is 0 Å². The van der Waals surface area contributed by atoms with E-state index in [1.54, 1.807) is 19.1 Å². The summed E-state index contributed by atoms with van der Waals surface area (Å²) in [6.45, 7) is 1.73. The fourth-order valence-corrected chi connectivity index (χ4v) is 1.68. The Balaban J connectivity index is 2.19. The average Bonchev–Trinajstić information content (AvgIpc) is 2.92. The summed E-state index contributed by atoms with van der Waals surface area (Å²) < 4.78 is 5.19. The van der Waals surface area contributed by atoms with Gasteiger partial charge < -0.3 is 4.42 Å². The third kappa shape index (κ3) is 3.97. The summed E-state index contributed by atoms with van der Waals surface area (Å²) in [4.78, 5) is 31.8. The normalized spacial score (nSPS) is 10.7. The van der Waals surface area contributed by atoms with Gasteiger partial charge in [-0.2, -0.15) is 5.10 Å². The van der Waals surface area contributed by atoms with E-state index in [1.807, 2.05) is 0 Å². The van der Waals surface area contributed by atoms with Crippen molar-refractivity contribution >= 4 is 23.5 Å². The zero-order chi connectivity index (χ0) is 17.0. The summed E-state index contributed by atoms with van der Waals surface area (Å²) in [6, 6.07) is 5.95. The van der Waals surface area contributed by atoms with Gasteiger partial charge in [0.25, 0.3) is 17.3 Å². The summed E-state index contributed by atoms with van der Waals surface area (Å²) in [5.41, 5.74) is 0.743. The molecule has 1 N–H and O–H groups in total. The Kier molecular flexibility index (Phi) is 4.45. The molecule has 0 aliphatic rings. The molecule has 10 nitrogen and oxygen atoms in total. The SMILES string of the molecule is Cc1ccc(/C=N/NC(=O)c2cc([N+](=O)[O-])cc([N+](=O)[O-])c2)o1. The van der Waals surface area contributed by atoms with Crippen molar-refractivity contribution in [2.75, 3.05) is 0 Å². The molecule has 0 unspecified atom stereocenters. The van der Waals surface area contributed by atoms with Crippen molar-refractivity contribution in [1.82, 2.24) is 5.43 Å². The van der Waals surface area contributed by atoms with Gasteiger partial charge in [-0.15, -0.1) is 0 Å². The molecule has 0 spiro atoms. The molecule has 0 atom stereocenters. The van der Waals surface area contributed by atoms with Crippen molar-refractivity contribution in [3.63, 3.8) is 0 Å². The van der Waals surface area contributed by atoms with E-state index in [9.17, 15) is 25.0 Å². The number of non-ortho nitro benzene ring substituents is 2. The Hall–Kier alpha value is -3.56. The van der Waals surface area contributed by atoms with Crippen molar-refractivity contribution in [2.45, 2.75) is 6.92 Å². The number of hydrogen-bond donors (Lipinski definition) is 1. The van der Waals surface area contributed by atoms with Gasteiger partial charge in [0.05, 0.1) is 27.7 Å². The van der Waals surface area contributed by atoms with Crippen molar-refractivity contribution in [3.05, 3.63) is 67.6 Å². The molecule has 2 aromatic rings. The summed E-state index contributed by atoms with van der Waals surface area (Å²) in [6.07, 6.45) is 1.23. The predicted octanol–water partition coefficient (Wildman–Crippen LogP) is 2.17. The van der Waals surface area contributed by atoms with E-state index < -0.39 is 27.1 Å². The van der Waals surface area contributed by atoms with E-state index in [4.69, 9.17) is 4.42 Å². The van der Waals surface area contributed by atoms with E-state index in [1.165, 1.54) is 6.21 Å². The van der Waals surface area contributed by atoms with Crippen LogP contribution >= 0.6 is 0 Å². The van der Waals surface area contributed by atoms with Gasteiger partial charge in [0, 0.05) is 12.1 Å². The van der Waals surface area contributed by atoms with Crippen LogP contribution in [-0.4, -0.2) is 22.0 Å². The lowest BCUT2D eigenvalue weighted by atomic mass is 10.1. The Morgan fingerprint density at radius 2 is 1.78 bits per heavy atom. The maximum absolute atomic E-state index is 11.9. The molecule has 0 aliphatic heterocycles. The summed E-state index contributed by atoms with van der Waals surface area (Å²) in [7, 11) is 0. The van der Waals surface area contributed by atoms with Crippen LogP contribution in [0.25, 0.3) is 0 Å². The number of amides is 1. The minimum absolute atomic E-state index is 0.251. The fourth-order valence-electron chi connectivity index (χ4n) is 1.68. The molecule has 0 saturated heterocycles. The van der Waals surface area contributed by atoms with Crippen molar-refractivity contribution in [1.29, 1.82) is 0 Å². The molecule has 118 valence electrons. The lowest BCUT2D eigenvalue weighted by Gasteiger charge is -2.00. The first-order valence-electron chi connectivity index (χ1n) is 6.20. The lowest BCUT2D eigenvalue weighted by molar-refractivity contribution is -0.394. The molecule has 1 aromatic carbocycles. The zero-order valence-electron chi connectivity index (χ0n) is 11.8. The van der Waals surface area contributed by atoms with Crippen molar-refractivity contribution in [2.24, 2.45) is 5.10 Å². The molecule has 2 rings (SSSR count). The Morgan fingerprint density at radius 1 is 1.17 bits per heavy atom. The van der Waals surface area contributed by atoms with Gasteiger partial charge in [-0.1, -0.05) is 0 Å². The quantitative estimate of drug-likeness (QED) is 0.508. The van der Waals surface area contributed by atoms with Crippen LogP contribution in [0.3, 0.4) is 0 Å². The van der Waals surface area contributed by atoms with Crippen LogP contribution < -0.4 is 5.43 Å². The van der Waals surface area contributed by atoms with Gasteiger partial charge in [-0.3, -0.25) is 25.0 Å². The van der Waals surface area contributed by atoms with E-state index >= 15 is 0 Å². The molecule has 0 aliphatic carbocycles. The highest BCUT2D eigenvalue weighted by molar-refractivity contribution is 5.96. The van der Waals surface area contributed by atoms with Crippen LogP contribution in [0.1, 0.15) is 21.9 Å². The Labute approximate surface area is 128 Å². The standard InChI is InChI=1S/C13H10N4O6/c1-8-2-3-12(23-8)7-14-15-13(18)9-4-10(16(19)20)6-11(5-9)17(21)22/h2-7H,1H3,(H,15,18)/b14-7+. The topological polar surface area (TPSA) is 141 Å². The first-order chi connectivity index (χ1) is 10.9. The number of carbonyl (C=O) groups is 1. The van der Waals surface area contributed by atoms with E-state index in [-0.39, 0.29) is 5.56 Å². The number of nitrogens with zero attached hydrogens (tertiary/aromatic N) is 3. The Bertz CT molecular complexity index is 778. The summed E-state index contributed by atoms with van der Waals surface area (Å²) in [5, 5.41) is 25.1. The van der Waals surface area contributed by atoms with Gasteiger partial charge in [0.1, 0.15) is 11.5 Å². The number of hydrogen-bond acceptors (Lipinski definition) is 7. The monoisotopic (exact) mass is 318 g/mol. The summed E-state index contributed by atoms with van der Waals surface area (Å²) in [5.74, 6) is 0.233. The van der Waals surface area contributed by atoms with Gasteiger partial charge >= 0.3 is 0 Å². The van der Waals surface area contributed by atoms with Gasteiger partial charge in [0.2, 0.25) is 0 Å². The molecular formula is C13H10N4O6. The highest BCUT2D eigenvalue weighted by Crippen LogP contribution is 2.22. The van der Waals surface area contributed by atoms with E-state index in [2.05, 4.69) is 10.5 Å². The second-order valence-electron chi connectivity index (χ2n) is 4.40. The molecule has 0 fully saturated rings. The molecule has 10 heteroatoms. The predicted molar refractivity (Wildman–Crippen MR) is 78.3 cm³/mol.